The zero-order chi connectivity index (χ0) is 11.3. The van der Waals surface area contributed by atoms with E-state index >= 15 is 0 Å². The standard InChI is InChI=1S/C9H16N4O2/c1-7(14)11-5-9(15)8(10)6-13-4-2-3-12-13/h2-4,8-9,15H,5-6,10H2,1H3,(H,11,14)/t8-,9-/m1/s1. The van der Waals surface area contributed by atoms with Crippen LogP contribution in [0.3, 0.4) is 0 Å². The Morgan fingerprint density at radius 1 is 1.73 bits per heavy atom. The lowest BCUT2D eigenvalue weighted by molar-refractivity contribution is -0.119. The van der Waals surface area contributed by atoms with Crippen LogP contribution < -0.4 is 11.1 Å². The highest BCUT2D eigenvalue weighted by Gasteiger charge is 2.15. The number of aromatic nitrogens is 2. The summed E-state index contributed by atoms with van der Waals surface area (Å²) < 4.78 is 1.64. The fraction of sp³-hybridized carbons (Fsp3) is 0.556. The smallest absolute Gasteiger partial charge is 0.216 e. The molecular formula is C9H16N4O2. The summed E-state index contributed by atoms with van der Waals surface area (Å²) in [5.41, 5.74) is 5.73. The molecule has 15 heavy (non-hydrogen) atoms. The molecule has 0 fully saturated rings. The van der Waals surface area contributed by atoms with E-state index in [4.69, 9.17) is 5.73 Å². The summed E-state index contributed by atoms with van der Waals surface area (Å²) in [7, 11) is 0. The Labute approximate surface area is 88.1 Å². The number of nitrogens with zero attached hydrogens (tertiary/aromatic N) is 2. The van der Waals surface area contributed by atoms with E-state index < -0.39 is 12.1 Å². The zero-order valence-corrected chi connectivity index (χ0v) is 8.63. The number of carbonyl (C=O) groups is 1. The largest absolute Gasteiger partial charge is 0.390 e. The second kappa shape index (κ2) is 5.47. The fourth-order valence-electron chi connectivity index (χ4n) is 1.15. The first kappa shape index (κ1) is 11.7. The quantitative estimate of drug-likeness (QED) is 0.566. The molecule has 6 heteroatoms. The number of nitrogens with one attached hydrogen (secondary N) is 1. The Bertz CT molecular complexity index is 299. The number of carbonyl (C=O) groups excluding carboxylic acids is 1. The summed E-state index contributed by atoms with van der Waals surface area (Å²) in [6, 6.07) is 1.34. The van der Waals surface area contributed by atoms with Crippen LogP contribution in [-0.4, -0.2) is 39.5 Å². The summed E-state index contributed by atoms with van der Waals surface area (Å²) >= 11 is 0. The molecule has 0 saturated carbocycles. The lowest BCUT2D eigenvalue weighted by Gasteiger charge is -2.18. The third-order valence-corrected chi connectivity index (χ3v) is 2.01. The zero-order valence-electron chi connectivity index (χ0n) is 8.63. The van der Waals surface area contributed by atoms with Crippen molar-refractivity contribution in [2.45, 2.75) is 25.6 Å². The molecule has 1 aromatic rings. The normalized spacial score (nSPS) is 14.6. The second-order valence-electron chi connectivity index (χ2n) is 3.40. The van der Waals surface area contributed by atoms with Gasteiger partial charge in [-0.3, -0.25) is 9.48 Å². The van der Waals surface area contributed by atoms with E-state index in [2.05, 4.69) is 10.4 Å². The summed E-state index contributed by atoms with van der Waals surface area (Å²) in [6.07, 6.45) is 2.65. The molecule has 0 unspecified atom stereocenters. The van der Waals surface area contributed by atoms with Crippen molar-refractivity contribution in [1.82, 2.24) is 15.1 Å². The van der Waals surface area contributed by atoms with E-state index in [0.717, 1.165) is 0 Å². The Hall–Kier alpha value is -1.40. The molecule has 0 spiro atoms. The first-order valence-corrected chi connectivity index (χ1v) is 4.75. The predicted molar refractivity (Wildman–Crippen MR) is 54.9 cm³/mol. The minimum Gasteiger partial charge on any atom is -0.390 e. The molecule has 0 aromatic carbocycles. The molecule has 0 saturated heterocycles. The molecule has 1 amide bonds. The van der Waals surface area contributed by atoms with E-state index in [9.17, 15) is 9.90 Å². The Kier molecular flexibility index (Phi) is 4.26. The third kappa shape index (κ3) is 4.09. The number of hydrogen-bond acceptors (Lipinski definition) is 4. The summed E-state index contributed by atoms with van der Waals surface area (Å²) in [5, 5.41) is 16.1. The number of amides is 1. The first-order valence-electron chi connectivity index (χ1n) is 4.75. The Morgan fingerprint density at radius 2 is 2.47 bits per heavy atom. The number of nitrogens with two attached hydrogens (primary N) is 1. The van der Waals surface area contributed by atoms with E-state index in [1.807, 2.05) is 0 Å². The maximum absolute atomic E-state index is 10.6. The minimum absolute atomic E-state index is 0.164. The molecule has 84 valence electrons. The van der Waals surface area contributed by atoms with Gasteiger partial charge in [-0.2, -0.15) is 5.10 Å². The molecule has 1 heterocycles. The number of rotatable bonds is 5. The molecule has 6 nitrogen and oxygen atoms in total. The highest BCUT2D eigenvalue weighted by atomic mass is 16.3. The lowest BCUT2D eigenvalue weighted by atomic mass is 10.1. The van der Waals surface area contributed by atoms with Gasteiger partial charge in [-0.15, -0.1) is 0 Å². The molecule has 0 radical (unpaired) electrons. The average molecular weight is 212 g/mol. The van der Waals surface area contributed by atoms with Gasteiger partial charge in [0.2, 0.25) is 5.91 Å². The molecule has 0 aliphatic heterocycles. The van der Waals surface area contributed by atoms with Crippen LogP contribution in [-0.2, 0) is 11.3 Å². The van der Waals surface area contributed by atoms with E-state index in [0.29, 0.717) is 6.54 Å². The summed E-state index contributed by atoms with van der Waals surface area (Å²) in [6.45, 7) is 1.98. The van der Waals surface area contributed by atoms with Gasteiger partial charge in [0.15, 0.2) is 0 Å². The third-order valence-electron chi connectivity index (χ3n) is 2.01. The monoisotopic (exact) mass is 212 g/mol. The minimum atomic E-state index is -0.766. The second-order valence-corrected chi connectivity index (χ2v) is 3.40. The van der Waals surface area contributed by atoms with Crippen molar-refractivity contribution in [3.05, 3.63) is 18.5 Å². The van der Waals surface area contributed by atoms with E-state index in [1.54, 1.807) is 23.1 Å². The van der Waals surface area contributed by atoms with Gasteiger partial charge in [-0.05, 0) is 6.07 Å². The molecule has 0 bridgehead atoms. The maximum atomic E-state index is 10.6. The van der Waals surface area contributed by atoms with E-state index in [-0.39, 0.29) is 12.5 Å². The van der Waals surface area contributed by atoms with Crippen molar-refractivity contribution >= 4 is 5.91 Å². The molecular weight excluding hydrogens is 196 g/mol. The van der Waals surface area contributed by atoms with Crippen LogP contribution >= 0.6 is 0 Å². The predicted octanol–water partition coefficient (Wildman–Crippen LogP) is -1.29. The van der Waals surface area contributed by atoms with Crippen molar-refractivity contribution < 1.29 is 9.90 Å². The van der Waals surface area contributed by atoms with Crippen LogP contribution in [0.4, 0.5) is 0 Å². The van der Waals surface area contributed by atoms with Gasteiger partial charge in [-0.25, -0.2) is 0 Å². The molecule has 1 aromatic heterocycles. The summed E-state index contributed by atoms with van der Waals surface area (Å²) in [4.78, 5) is 10.6. The lowest BCUT2D eigenvalue weighted by Crippen LogP contribution is -2.45. The van der Waals surface area contributed by atoms with Crippen LogP contribution in [0.2, 0.25) is 0 Å². The fourth-order valence-corrected chi connectivity index (χ4v) is 1.15. The average Bonchev–Trinajstić information content (AvgIpc) is 2.66. The van der Waals surface area contributed by atoms with Crippen LogP contribution in [0.25, 0.3) is 0 Å². The highest BCUT2D eigenvalue weighted by molar-refractivity contribution is 5.72. The number of hydrogen-bond donors (Lipinski definition) is 3. The SMILES string of the molecule is CC(=O)NC[C@@H](O)[C@H](N)Cn1cccn1. The molecule has 0 aliphatic rings. The van der Waals surface area contributed by atoms with Crippen molar-refractivity contribution in [3.63, 3.8) is 0 Å². The van der Waals surface area contributed by atoms with Crippen molar-refractivity contribution in [2.75, 3.05) is 6.54 Å². The van der Waals surface area contributed by atoms with Crippen molar-refractivity contribution in [3.8, 4) is 0 Å². The van der Waals surface area contributed by atoms with Gasteiger partial charge in [0, 0.05) is 25.9 Å². The van der Waals surface area contributed by atoms with Crippen LogP contribution in [0, 0.1) is 0 Å². The van der Waals surface area contributed by atoms with Gasteiger partial charge in [0.25, 0.3) is 0 Å². The molecule has 4 N–H and O–H groups in total. The van der Waals surface area contributed by atoms with E-state index in [1.165, 1.54) is 6.92 Å². The topological polar surface area (TPSA) is 93.2 Å². The van der Waals surface area contributed by atoms with Crippen molar-refractivity contribution in [1.29, 1.82) is 0 Å². The first-order chi connectivity index (χ1) is 7.09. The molecule has 2 atom stereocenters. The van der Waals surface area contributed by atoms with Gasteiger partial charge in [0.1, 0.15) is 0 Å². The molecule has 1 rings (SSSR count). The Balaban J connectivity index is 2.33. The van der Waals surface area contributed by atoms with Crippen molar-refractivity contribution in [2.24, 2.45) is 5.73 Å². The van der Waals surface area contributed by atoms with Gasteiger partial charge >= 0.3 is 0 Å². The molecule has 0 aliphatic carbocycles. The Morgan fingerprint density at radius 3 is 3.00 bits per heavy atom. The van der Waals surface area contributed by atoms with Crippen LogP contribution in [0.15, 0.2) is 18.5 Å². The summed E-state index contributed by atoms with van der Waals surface area (Å²) in [5.74, 6) is -0.180. The van der Waals surface area contributed by atoms with Gasteiger partial charge < -0.3 is 16.2 Å². The van der Waals surface area contributed by atoms with Crippen LogP contribution in [0.1, 0.15) is 6.92 Å². The van der Waals surface area contributed by atoms with Crippen LogP contribution in [0.5, 0.6) is 0 Å². The van der Waals surface area contributed by atoms with Gasteiger partial charge in [0.05, 0.1) is 18.7 Å². The highest BCUT2D eigenvalue weighted by Crippen LogP contribution is 1.94. The number of aliphatic hydroxyl groups excluding tert-OH is 1. The number of aliphatic hydroxyl groups is 1. The maximum Gasteiger partial charge on any atom is 0.216 e. The van der Waals surface area contributed by atoms with Gasteiger partial charge in [-0.1, -0.05) is 0 Å².